The van der Waals surface area contributed by atoms with Gasteiger partial charge in [-0.15, -0.1) is 0 Å². The predicted molar refractivity (Wildman–Crippen MR) is 88.6 cm³/mol. The van der Waals surface area contributed by atoms with Gasteiger partial charge >= 0.3 is 42.1 Å². The molecule has 23 heavy (non-hydrogen) atoms. The van der Waals surface area contributed by atoms with Gasteiger partial charge in [0.1, 0.15) is 0 Å². The zero-order valence-electron chi connectivity index (χ0n) is 16.5. The second kappa shape index (κ2) is 259. The smallest absolute Gasteiger partial charge is 0.428 e. The summed E-state index contributed by atoms with van der Waals surface area (Å²) in [6, 6.07) is 0. The maximum absolute atomic E-state index is 7.46. The molecule has 0 spiro atoms. The van der Waals surface area contributed by atoms with Gasteiger partial charge in [-0.05, 0) is 0 Å². The van der Waals surface area contributed by atoms with E-state index in [-0.39, 0.29) is 255 Å². The Morgan fingerprint density at radius 2 is 0.435 bits per heavy atom. The van der Waals surface area contributed by atoms with Crippen molar-refractivity contribution in [3.05, 3.63) is 80.2 Å². The monoisotopic (exact) mass is 1050 g/mol. The first-order valence-corrected chi connectivity index (χ1v) is 2.45. The quantitative estimate of drug-likeness (QED) is 0.328. The zero-order valence-corrected chi connectivity index (χ0v) is 33.2. The van der Waals surface area contributed by atoms with Crippen molar-refractivity contribution in [3.8, 4) is 0 Å². The van der Waals surface area contributed by atoms with Crippen molar-refractivity contribution in [1.29, 1.82) is 0 Å². The van der Waals surface area contributed by atoms with E-state index in [9.17, 15) is 0 Å². The molecule has 0 aliphatic rings. The summed E-state index contributed by atoms with van der Waals surface area (Å²) in [4.78, 5) is 0. The third kappa shape index (κ3) is 555. The molecule has 0 heterocycles. The van der Waals surface area contributed by atoms with Gasteiger partial charge in [-0.3, -0.25) is 0 Å². The van der Waals surface area contributed by atoms with Gasteiger partial charge in [-0.25, -0.2) is 0 Å². The minimum atomic E-state index is 0. The van der Waals surface area contributed by atoms with E-state index in [4.69, 9.17) is 15.3 Å². The van der Waals surface area contributed by atoms with Crippen LogP contribution >= 0.6 is 0 Å². The van der Waals surface area contributed by atoms with Crippen LogP contribution in [0.25, 0.3) is 0 Å². The summed E-state index contributed by atoms with van der Waals surface area (Å²) in [6.07, 6.45) is 0. The van der Waals surface area contributed by atoms with Crippen molar-refractivity contribution in [2.24, 2.45) is 0 Å². The molecule has 0 bridgehead atoms. The summed E-state index contributed by atoms with van der Waals surface area (Å²) in [7, 11) is 0. The molecule has 0 atom stereocenters. The number of hydrogen-bond acceptors (Lipinski definition) is 3. The average molecular weight is 1050 g/mol. The molecular weight excluding hydrogens is 1010 g/mol. The van der Waals surface area contributed by atoms with Crippen molar-refractivity contribution < 1.29 is 191 Å². The Bertz CT molecular complexity index is 44.0. The summed E-state index contributed by atoms with van der Waals surface area (Å²) in [5, 5.41) is 22.4. The summed E-state index contributed by atoms with van der Waals surface area (Å²) in [5.74, 6) is 0. The van der Waals surface area contributed by atoms with Gasteiger partial charge in [-0.1, -0.05) is 19.8 Å². The summed E-state index contributed by atoms with van der Waals surface area (Å²) < 4.78 is 0. The van der Waals surface area contributed by atoms with Crippen molar-refractivity contribution >= 4 is 0 Å². The van der Waals surface area contributed by atoms with Crippen LogP contribution in [0.3, 0.4) is 0 Å². The van der Waals surface area contributed by atoms with Crippen LogP contribution < -0.4 is 0 Å². The number of aliphatic hydroxyl groups excluding tert-OH is 3. The van der Waals surface area contributed by atoms with E-state index in [0.717, 1.165) is 0 Å². The largest absolute Gasteiger partial charge is 4.00 e. The van der Waals surface area contributed by atoms with Crippen molar-refractivity contribution in [2.45, 2.75) is 0 Å². The molecule has 4 radical (unpaired) electrons. The first-order valence-electron chi connectivity index (χ1n) is 2.45. The third-order valence-electron chi connectivity index (χ3n) is 0. The molecule has 0 aromatic carbocycles. The van der Waals surface area contributed by atoms with Gasteiger partial charge < -0.3 is 95.5 Å². The molecule has 0 rings (SSSR count). The van der Waals surface area contributed by atoms with Crippen LogP contribution in [0.5, 0.6) is 0 Å². The molecule has 0 unspecified atom stereocenters. The SMILES string of the molecule is [CH2-]CO.[CH2-]CO.[CH2-]CO.[CH3-].[CH3-].[CH3-].[CH3-].[CH3-].[CH3-].[CH3-].[CH3-].[La].[Pt+4].[Pt+4].[Y].[Y].[Y]. The Morgan fingerprint density at radius 3 is 0.435 bits per heavy atom. The molecule has 0 saturated heterocycles. The van der Waals surface area contributed by atoms with Crippen LogP contribution in [-0.2, 0) is 140 Å². The van der Waals surface area contributed by atoms with Crippen LogP contribution in [0.2, 0.25) is 0 Å². The maximum atomic E-state index is 7.46. The van der Waals surface area contributed by atoms with Crippen LogP contribution in [0, 0.1) is 116 Å². The first-order chi connectivity index (χ1) is 4.24. The van der Waals surface area contributed by atoms with Gasteiger partial charge in [-0.2, -0.15) is 0 Å². The van der Waals surface area contributed by atoms with E-state index in [1.807, 2.05) is 0 Å². The Labute approximate surface area is 285 Å². The van der Waals surface area contributed by atoms with Crippen LogP contribution in [0.4, 0.5) is 0 Å². The molecular formula is C14H39LaO3Pt2Y3-3. The van der Waals surface area contributed by atoms with Gasteiger partial charge in [0.2, 0.25) is 0 Å². The second-order valence-corrected chi connectivity index (χ2v) is 0.671. The number of aliphatic hydroxyl groups is 3. The van der Waals surface area contributed by atoms with Crippen molar-refractivity contribution in [3.63, 3.8) is 0 Å². The Kier molecular flexibility index (Phi) is 1800. The zero-order chi connectivity index (χ0) is 8.12. The molecule has 3 N–H and O–H groups in total. The molecule has 0 aliphatic heterocycles. The van der Waals surface area contributed by atoms with E-state index in [1.54, 1.807) is 0 Å². The predicted octanol–water partition coefficient (Wildman–Crippen LogP) is 3.03. The van der Waals surface area contributed by atoms with E-state index in [1.165, 1.54) is 0 Å². The fourth-order valence-electron chi connectivity index (χ4n) is 0. The van der Waals surface area contributed by atoms with E-state index in [0.29, 0.717) is 0 Å². The molecule has 0 saturated carbocycles. The third-order valence-corrected chi connectivity index (χ3v) is 0. The normalized spacial score (nSPS) is 2.35. The summed E-state index contributed by atoms with van der Waals surface area (Å²) in [5.41, 5.74) is 0. The van der Waals surface area contributed by atoms with Crippen LogP contribution in [-0.4, -0.2) is 35.1 Å². The molecule has 0 amide bonds. The fourth-order valence-corrected chi connectivity index (χ4v) is 0. The average Bonchev–Trinajstić information content (AvgIpc) is 1.70. The summed E-state index contributed by atoms with van der Waals surface area (Å²) >= 11 is 0. The van der Waals surface area contributed by atoms with Gasteiger partial charge in [0.25, 0.3) is 0 Å². The molecule has 3 nitrogen and oxygen atoms in total. The summed E-state index contributed by atoms with van der Waals surface area (Å²) in [6.45, 7) is 9.12. The Balaban J connectivity index is -0.00000000120. The van der Waals surface area contributed by atoms with Gasteiger partial charge in [0.05, 0.1) is 0 Å². The number of rotatable bonds is 0. The van der Waals surface area contributed by atoms with Gasteiger partial charge in [0, 0.05) is 134 Å². The van der Waals surface area contributed by atoms with E-state index in [2.05, 4.69) is 20.8 Å². The van der Waals surface area contributed by atoms with E-state index >= 15 is 0 Å². The maximum Gasteiger partial charge on any atom is 4.00 e. The fraction of sp³-hybridized carbons (Fsp3) is 0.214. The van der Waals surface area contributed by atoms with Crippen LogP contribution in [0.1, 0.15) is 0 Å². The molecule has 0 aromatic heterocycles. The Morgan fingerprint density at radius 1 is 0.435 bits per heavy atom. The van der Waals surface area contributed by atoms with E-state index < -0.39 is 0 Å². The standard InChI is InChI=1S/3C2H5O.8CH3.La.2Pt.3Y/c3*1-2-3;;;;;;;;;;;;;;/h3*3H,1-2H2;8*1H3;;;;;;/q11*-1;;2*+4;;;. The Hall–Kier alpha value is 5.76. The molecule has 0 fully saturated rings. The topological polar surface area (TPSA) is 60.7 Å². The van der Waals surface area contributed by atoms with Crippen LogP contribution in [0.15, 0.2) is 0 Å². The minimum Gasteiger partial charge on any atom is -0.428 e. The van der Waals surface area contributed by atoms with Crippen molar-refractivity contribution in [2.75, 3.05) is 19.8 Å². The minimum absolute atomic E-state index is 0. The molecule has 9 heteroatoms. The molecule has 0 aromatic rings. The number of hydrogen-bond donors (Lipinski definition) is 3. The first kappa shape index (κ1) is 160. The molecule has 0 aliphatic carbocycles. The second-order valence-electron chi connectivity index (χ2n) is 0.671. The molecule has 148 valence electrons. The van der Waals surface area contributed by atoms with Crippen molar-refractivity contribution in [1.82, 2.24) is 0 Å². The van der Waals surface area contributed by atoms with Gasteiger partial charge in [0.15, 0.2) is 0 Å².